The molecule has 0 aromatic heterocycles. The summed E-state index contributed by atoms with van der Waals surface area (Å²) in [5.74, 6) is -0.347. The van der Waals surface area contributed by atoms with Gasteiger partial charge in [0.15, 0.2) is 0 Å². The van der Waals surface area contributed by atoms with E-state index in [0.717, 1.165) is 60.3 Å². The largest absolute Gasteiger partial charge is 0.458 e. The normalized spacial score (nSPS) is 33.9. The molecule has 5 aliphatic carbocycles. The van der Waals surface area contributed by atoms with E-state index < -0.39 is 41.6 Å². The van der Waals surface area contributed by atoms with Gasteiger partial charge in [0.1, 0.15) is 12.2 Å². The second-order valence-electron chi connectivity index (χ2n) is 28.8. The van der Waals surface area contributed by atoms with Crippen molar-refractivity contribution < 1.29 is 33.4 Å². The predicted molar refractivity (Wildman–Crippen MR) is 309 cm³/mol. The molecule has 0 bridgehead atoms. The molecule has 0 amide bonds. The quantitative estimate of drug-likeness (QED) is 0.0477. The highest BCUT2D eigenvalue weighted by molar-refractivity contribution is 6.03. The molecule has 428 valence electrons. The summed E-state index contributed by atoms with van der Waals surface area (Å²) >= 11 is 0. The molecule has 4 N–H and O–H groups in total. The minimum absolute atomic E-state index is 0.0159. The molecule has 5 saturated carbocycles. The smallest absolute Gasteiger partial charge is 0.342 e. The number of hydrogen-bond donors (Lipinski definition) is 2. The molecule has 5 fully saturated rings. The van der Waals surface area contributed by atoms with Crippen LogP contribution in [0.1, 0.15) is 261 Å². The van der Waals surface area contributed by atoms with Crippen molar-refractivity contribution in [3.63, 3.8) is 0 Å². The van der Waals surface area contributed by atoms with Gasteiger partial charge in [0.05, 0.1) is 0 Å². The number of esters is 4. The van der Waals surface area contributed by atoms with E-state index in [-0.39, 0.29) is 49.9 Å². The topological polar surface area (TPSA) is 148 Å². The molecule has 75 heavy (non-hydrogen) atoms. The lowest BCUT2D eigenvalue weighted by atomic mass is 9.34. The van der Waals surface area contributed by atoms with Gasteiger partial charge in [0, 0.05) is 36.1 Å². The molecule has 0 saturated heterocycles. The van der Waals surface area contributed by atoms with Gasteiger partial charge in [0.2, 0.25) is 0 Å². The first-order chi connectivity index (χ1) is 34.4. The number of nitrogens with two attached hydrogens (primary N) is 2. The number of allylic oxidation sites excluding steroid dienone is 4. The fourth-order valence-corrected chi connectivity index (χ4v) is 16.2. The summed E-state index contributed by atoms with van der Waals surface area (Å²) in [6.45, 7) is 45.2. The highest BCUT2D eigenvalue weighted by Gasteiger charge is 2.73. The summed E-state index contributed by atoms with van der Waals surface area (Å²) in [5.41, 5.74) is 18.3. The Bertz CT molecular complexity index is 2180. The molecule has 0 aliphatic heterocycles. The maximum atomic E-state index is 14.9. The molecule has 5 rings (SSSR count). The lowest BCUT2D eigenvalue weighted by Crippen LogP contribution is -2.75. The monoisotopic (exact) mass is 1040 g/mol. The summed E-state index contributed by atoms with van der Waals surface area (Å²) in [6, 6.07) is 0. The third kappa shape index (κ3) is 13.2. The number of ether oxygens (including phenoxy) is 3. The Morgan fingerprint density at radius 2 is 1.23 bits per heavy atom. The van der Waals surface area contributed by atoms with Crippen molar-refractivity contribution >= 4 is 23.9 Å². The van der Waals surface area contributed by atoms with Crippen LogP contribution in [0.25, 0.3) is 0 Å². The predicted octanol–water partition coefficient (Wildman–Crippen LogP) is 16.2. The van der Waals surface area contributed by atoms with E-state index in [9.17, 15) is 19.2 Å². The van der Waals surface area contributed by atoms with Crippen molar-refractivity contribution in [1.82, 2.24) is 0 Å². The molecule has 9 nitrogen and oxygen atoms in total. The summed E-state index contributed by atoms with van der Waals surface area (Å²) in [5, 5.41) is 0. The Hall–Kier alpha value is -3.04. The van der Waals surface area contributed by atoms with Crippen molar-refractivity contribution in [2.45, 2.75) is 284 Å². The number of hydrogen-bond acceptors (Lipinski definition) is 9. The molecule has 0 radical (unpaired) electrons. The van der Waals surface area contributed by atoms with E-state index in [2.05, 4.69) is 116 Å². The zero-order valence-electron chi connectivity index (χ0n) is 51.9. The second-order valence-corrected chi connectivity index (χ2v) is 28.8. The van der Waals surface area contributed by atoms with Gasteiger partial charge in [0.25, 0.3) is 0 Å². The maximum absolute atomic E-state index is 14.9. The number of carbonyl (C=O) groups excluding carboxylic acids is 4. The molecule has 0 aromatic rings. The lowest BCUT2D eigenvalue weighted by Gasteiger charge is -2.72. The van der Waals surface area contributed by atoms with Crippen LogP contribution in [0.2, 0.25) is 0 Å². The molecule has 0 heterocycles. The fourth-order valence-electron chi connectivity index (χ4n) is 16.2. The van der Waals surface area contributed by atoms with E-state index in [0.29, 0.717) is 61.5 Å². The Labute approximate surface area is 458 Å². The van der Waals surface area contributed by atoms with Crippen LogP contribution in [0, 0.1) is 62.1 Å². The van der Waals surface area contributed by atoms with Crippen molar-refractivity contribution in [2.24, 2.45) is 73.5 Å². The minimum Gasteiger partial charge on any atom is -0.458 e. The maximum Gasteiger partial charge on any atom is 0.342 e. The van der Waals surface area contributed by atoms with Crippen molar-refractivity contribution in [2.75, 3.05) is 0 Å². The van der Waals surface area contributed by atoms with E-state index in [1.54, 1.807) is 0 Å². The Balaban J connectivity index is 0.000000575. The first kappa shape index (κ1) is 64.5. The molecule has 12 atom stereocenters. The number of carbonyl (C=O) groups is 4. The van der Waals surface area contributed by atoms with Gasteiger partial charge in [-0.3, -0.25) is 9.59 Å². The molecule has 0 aromatic carbocycles. The zero-order chi connectivity index (χ0) is 57.1. The Kier molecular flexibility index (Phi) is 21.1. The average Bonchev–Trinajstić information content (AvgIpc) is 3.67. The lowest BCUT2D eigenvalue weighted by molar-refractivity contribution is -0.200. The van der Waals surface area contributed by atoms with Crippen LogP contribution in [0.3, 0.4) is 0 Å². The number of fused-ring (bicyclic) bond motifs is 5. The third-order valence-electron chi connectivity index (χ3n) is 21.7. The minimum atomic E-state index is -0.696. The highest BCUT2D eigenvalue weighted by atomic mass is 16.6. The van der Waals surface area contributed by atoms with Crippen LogP contribution in [-0.2, 0) is 33.4 Å². The second kappa shape index (κ2) is 24.5. The van der Waals surface area contributed by atoms with Crippen LogP contribution >= 0.6 is 0 Å². The van der Waals surface area contributed by atoms with Crippen LogP contribution in [0.4, 0.5) is 0 Å². The van der Waals surface area contributed by atoms with E-state index >= 15 is 0 Å². The van der Waals surface area contributed by atoms with Crippen molar-refractivity contribution in [3.05, 3.63) is 45.6 Å². The van der Waals surface area contributed by atoms with Gasteiger partial charge in [-0.25, -0.2) is 9.59 Å². The standard InChI is InChI=1S/C49H75NO7.C17H37N/c1-29(2)17-14-20-35(41-32(6)45(9,10)27-39(41)55-33(7)51)43(53)57-44(54)36(21-15-18-30(3)4)42-38-23-26-49(50)46(11)24-16-19-31(5)37(46)22-25-48(49,13)47(38,12)28-40(42)56-34(8)52;1-9-12-16(7,13-10-11-14(2)3)17(8,18)15(4,5)6/h17-18,31-32,37-40H,14-16,19-28,50H2,1-13H3;14H,9-13,18H2,1-8H3/b41-35-,42-36-;/t31-,32?,37?,38?,39?,40?,46?,47?,48-,49?;/m1./s1. The van der Waals surface area contributed by atoms with Gasteiger partial charge in [-0.1, -0.05) is 152 Å². The van der Waals surface area contributed by atoms with Crippen molar-refractivity contribution in [3.8, 4) is 0 Å². The van der Waals surface area contributed by atoms with E-state index in [1.165, 1.54) is 58.8 Å². The average molecular weight is 1050 g/mol. The molecular weight excluding hydrogens is 933 g/mol. The van der Waals surface area contributed by atoms with Gasteiger partial charge in [-0.15, -0.1) is 0 Å². The third-order valence-corrected chi connectivity index (χ3v) is 21.7. The van der Waals surface area contributed by atoms with Crippen LogP contribution < -0.4 is 11.5 Å². The van der Waals surface area contributed by atoms with Crippen LogP contribution in [0.5, 0.6) is 0 Å². The molecule has 0 spiro atoms. The first-order valence-corrected chi connectivity index (χ1v) is 29.8. The SMILES string of the molecule is CC(=O)OC1CC(C)(C)C(C)/C1=C(\CCC=C(C)C)C(=O)OC(=O)/C(CCC=C(C)C)=C1\C(OC(C)=O)CC2(C)C1CCC1(N)C3(C)CCC[C@@H](C)C3CC[C@]21C.CCCC(C)(CCCC(C)C)C(C)(N)C(C)(C)C. The van der Waals surface area contributed by atoms with Crippen LogP contribution in [0.15, 0.2) is 45.6 Å². The Morgan fingerprint density at radius 1 is 0.707 bits per heavy atom. The fraction of sp³-hybridized carbons (Fsp3) is 0.818. The van der Waals surface area contributed by atoms with E-state index in [1.807, 2.05) is 27.7 Å². The summed E-state index contributed by atoms with van der Waals surface area (Å²) in [4.78, 5) is 54.7. The molecule has 5 aliphatic rings. The van der Waals surface area contributed by atoms with Gasteiger partial charge < -0.3 is 25.7 Å². The molecule has 9 heteroatoms. The summed E-state index contributed by atoms with van der Waals surface area (Å²) < 4.78 is 18.1. The van der Waals surface area contributed by atoms with Crippen LogP contribution in [-0.4, -0.2) is 47.2 Å². The van der Waals surface area contributed by atoms with E-state index in [4.69, 9.17) is 25.7 Å². The van der Waals surface area contributed by atoms with Gasteiger partial charge >= 0.3 is 23.9 Å². The molecule has 10 unspecified atom stereocenters. The zero-order valence-corrected chi connectivity index (χ0v) is 51.9. The summed E-state index contributed by atoms with van der Waals surface area (Å²) in [7, 11) is 0. The first-order valence-electron chi connectivity index (χ1n) is 29.8. The van der Waals surface area contributed by atoms with Crippen molar-refractivity contribution in [1.29, 1.82) is 0 Å². The Morgan fingerprint density at radius 3 is 1.71 bits per heavy atom. The summed E-state index contributed by atoms with van der Waals surface area (Å²) in [6.07, 6.45) is 19.5. The molecular formula is C66H112N2O7. The highest BCUT2D eigenvalue weighted by Crippen LogP contribution is 2.75. The van der Waals surface area contributed by atoms with Gasteiger partial charge in [-0.2, -0.15) is 0 Å². The number of rotatable bonds is 17. The van der Waals surface area contributed by atoms with Gasteiger partial charge in [-0.05, 0) is 191 Å².